The Balaban J connectivity index is 2.32. The van der Waals surface area contributed by atoms with Gasteiger partial charge in [-0.2, -0.15) is 0 Å². The highest BCUT2D eigenvalue weighted by molar-refractivity contribution is 5.97. The van der Waals surface area contributed by atoms with E-state index >= 15 is 0 Å². The molecule has 0 aliphatic heterocycles. The number of urea groups is 1. The Bertz CT molecular complexity index is 355. The summed E-state index contributed by atoms with van der Waals surface area (Å²) in [4.78, 5) is 36.2. The van der Waals surface area contributed by atoms with Crippen LogP contribution in [0.3, 0.4) is 0 Å². The first-order chi connectivity index (χ1) is 8.93. The van der Waals surface area contributed by atoms with Gasteiger partial charge in [0.1, 0.15) is 0 Å². The Hall–Kier alpha value is -1.63. The molecule has 1 unspecified atom stereocenters. The van der Waals surface area contributed by atoms with Crippen LogP contribution < -0.4 is 16.0 Å². The predicted molar refractivity (Wildman–Crippen MR) is 70.5 cm³/mol. The van der Waals surface area contributed by atoms with Crippen LogP contribution in [0.25, 0.3) is 0 Å². The van der Waals surface area contributed by atoms with Crippen molar-refractivity contribution in [3.05, 3.63) is 0 Å². The number of nitrogens with one attached hydrogen (secondary N) is 3. The monoisotopic (exact) mass is 270 g/mol. The van der Waals surface area contributed by atoms with E-state index in [1.165, 1.54) is 0 Å². The Morgan fingerprint density at radius 2 is 1.95 bits per heavy atom. The second kappa shape index (κ2) is 7.08. The van der Waals surface area contributed by atoms with Crippen LogP contribution in [-0.4, -0.2) is 55.0 Å². The van der Waals surface area contributed by atoms with Gasteiger partial charge in [0.2, 0.25) is 11.8 Å². The van der Waals surface area contributed by atoms with Gasteiger partial charge in [0.05, 0.1) is 12.6 Å². The molecule has 0 heterocycles. The molecule has 7 heteroatoms. The third-order valence-corrected chi connectivity index (χ3v) is 2.95. The largest absolute Gasteiger partial charge is 0.352 e. The van der Waals surface area contributed by atoms with Crippen molar-refractivity contribution >= 4 is 17.8 Å². The molecule has 1 saturated carbocycles. The third kappa shape index (κ3) is 5.69. The van der Waals surface area contributed by atoms with E-state index in [4.69, 9.17) is 0 Å². The molecule has 0 aromatic carbocycles. The van der Waals surface area contributed by atoms with E-state index in [1.807, 2.05) is 0 Å². The molecule has 1 fully saturated rings. The van der Waals surface area contributed by atoms with Crippen LogP contribution >= 0.6 is 0 Å². The minimum absolute atomic E-state index is 0.0948. The van der Waals surface area contributed by atoms with Crippen LogP contribution in [0.15, 0.2) is 0 Å². The van der Waals surface area contributed by atoms with Gasteiger partial charge >= 0.3 is 6.03 Å². The van der Waals surface area contributed by atoms with Crippen LogP contribution in [0.4, 0.5) is 4.79 Å². The summed E-state index contributed by atoms with van der Waals surface area (Å²) in [5, 5.41) is 7.55. The van der Waals surface area contributed by atoms with Gasteiger partial charge in [0.15, 0.2) is 0 Å². The summed E-state index contributed by atoms with van der Waals surface area (Å²) in [7, 11) is 1.68. The summed E-state index contributed by atoms with van der Waals surface area (Å²) >= 11 is 0. The maximum Gasteiger partial charge on any atom is 0.321 e. The number of imide groups is 1. The summed E-state index contributed by atoms with van der Waals surface area (Å²) < 4.78 is 0. The number of hydrogen-bond donors (Lipinski definition) is 3. The highest BCUT2D eigenvalue weighted by Crippen LogP contribution is 2.18. The molecule has 4 amide bonds. The first-order valence-electron chi connectivity index (χ1n) is 6.52. The number of hydrogen-bond acceptors (Lipinski definition) is 4. The quantitative estimate of drug-likeness (QED) is 0.603. The maximum atomic E-state index is 11.7. The normalized spacial score (nSPS) is 15.8. The fourth-order valence-electron chi connectivity index (χ4n) is 1.49. The van der Waals surface area contributed by atoms with Crippen LogP contribution in [0, 0.1) is 0 Å². The molecule has 1 atom stereocenters. The molecular weight excluding hydrogens is 248 g/mol. The van der Waals surface area contributed by atoms with E-state index < -0.39 is 18.0 Å². The lowest BCUT2D eigenvalue weighted by Crippen LogP contribution is -2.50. The highest BCUT2D eigenvalue weighted by atomic mass is 16.2. The van der Waals surface area contributed by atoms with Crippen molar-refractivity contribution < 1.29 is 14.4 Å². The van der Waals surface area contributed by atoms with E-state index in [0.717, 1.165) is 12.8 Å². The van der Waals surface area contributed by atoms with Crippen molar-refractivity contribution in [3.8, 4) is 0 Å². The number of amides is 4. The molecule has 7 nitrogen and oxygen atoms in total. The topological polar surface area (TPSA) is 90.5 Å². The average Bonchev–Trinajstić information content (AvgIpc) is 3.11. The van der Waals surface area contributed by atoms with Crippen LogP contribution in [0.2, 0.25) is 0 Å². The van der Waals surface area contributed by atoms with Gasteiger partial charge in [0, 0.05) is 12.6 Å². The van der Waals surface area contributed by atoms with E-state index in [2.05, 4.69) is 16.0 Å². The molecule has 108 valence electrons. The van der Waals surface area contributed by atoms with Gasteiger partial charge in [-0.1, -0.05) is 0 Å². The summed E-state index contributed by atoms with van der Waals surface area (Å²) in [6.45, 7) is 4.01. The van der Waals surface area contributed by atoms with Crippen molar-refractivity contribution in [2.24, 2.45) is 0 Å². The fourth-order valence-corrected chi connectivity index (χ4v) is 1.49. The highest BCUT2D eigenvalue weighted by Gasteiger charge is 2.26. The van der Waals surface area contributed by atoms with Gasteiger partial charge < -0.3 is 10.6 Å². The van der Waals surface area contributed by atoms with Gasteiger partial charge in [-0.15, -0.1) is 0 Å². The molecule has 0 aromatic rings. The van der Waals surface area contributed by atoms with Gasteiger partial charge in [-0.25, -0.2) is 4.79 Å². The lowest BCUT2D eigenvalue weighted by molar-refractivity contribution is -0.126. The minimum Gasteiger partial charge on any atom is -0.352 e. The minimum atomic E-state index is -0.549. The Kier molecular flexibility index (Phi) is 5.75. The number of carbonyl (C=O) groups excluding carboxylic acids is 3. The molecular formula is C12H22N4O3. The summed E-state index contributed by atoms with van der Waals surface area (Å²) in [6.07, 6.45) is 2.06. The van der Waals surface area contributed by atoms with Crippen molar-refractivity contribution in [3.63, 3.8) is 0 Å². The number of likely N-dealkylation sites (N-methyl/N-ethyl adjacent to an activating group) is 1. The first kappa shape index (κ1) is 15.4. The number of rotatable bonds is 6. The van der Waals surface area contributed by atoms with Gasteiger partial charge in [-0.05, 0) is 33.7 Å². The Morgan fingerprint density at radius 1 is 1.32 bits per heavy atom. The molecule has 1 rings (SSSR count). The first-order valence-corrected chi connectivity index (χ1v) is 6.52. The standard InChI is InChI=1S/C12H22N4O3/c1-4-13-12(19)15-11(18)8(2)16(3)7-10(17)14-9-5-6-9/h8-9H,4-7H2,1-3H3,(H,14,17)(H2,13,15,18,19). The Morgan fingerprint density at radius 3 is 2.47 bits per heavy atom. The summed E-state index contributed by atoms with van der Waals surface area (Å²) in [6, 6.07) is -0.761. The average molecular weight is 270 g/mol. The van der Waals surface area contributed by atoms with Gasteiger partial charge in [-0.3, -0.25) is 19.8 Å². The van der Waals surface area contributed by atoms with Crippen LogP contribution in [-0.2, 0) is 9.59 Å². The van der Waals surface area contributed by atoms with Crippen molar-refractivity contribution in [1.82, 2.24) is 20.9 Å². The smallest absolute Gasteiger partial charge is 0.321 e. The SMILES string of the molecule is CCNC(=O)NC(=O)C(C)N(C)CC(=O)NC1CC1. The molecule has 3 N–H and O–H groups in total. The van der Waals surface area contributed by atoms with E-state index in [9.17, 15) is 14.4 Å². The lowest BCUT2D eigenvalue weighted by atomic mass is 10.2. The van der Waals surface area contributed by atoms with Crippen LogP contribution in [0.5, 0.6) is 0 Å². The van der Waals surface area contributed by atoms with Crippen molar-refractivity contribution in [2.75, 3.05) is 20.1 Å². The van der Waals surface area contributed by atoms with Gasteiger partial charge in [0.25, 0.3) is 0 Å². The molecule has 0 radical (unpaired) electrons. The summed E-state index contributed by atoms with van der Waals surface area (Å²) in [5.41, 5.74) is 0. The molecule has 1 aliphatic carbocycles. The molecule has 19 heavy (non-hydrogen) atoms. The summed E-state index contributed by atoms with van der Waals surface area (Å²) in [5.74, 6) is -0.518. The molecule has 0 spiro atoms. The molecule has 0 bridgehead atoms. The van der Waals surface area contributed by atoms with E-state index in [-0.39, 0.29) is 12.5 Å². The third-order valence-electron chi connectivity index (χ3n) is 2.95. The Labute approximate surface area is 113 Å². The zero-order valence-corrected chi connectivity index (χ0v) is 11.7. The predicted octanol–water partition coefficient (Wildman–Crippen LogP) is -0.569. The lowest BCUT2D eigenvalue weighted by Gasteiger charge is -2.22. The van der Waals surface area contributed by atoms with E-state index in [0.29, 0.717) is 12.6 Å². The zero-order valence-electron chi connectivity index (χ0n) is 11.7. The fraction of sp³-hybridized carbons (Fsp3) is 0.750. The van der Waals surface area contributed by atoms with Crippen molar-refractivity contribution in [1.29, 1.82) is 0 Å². The second-order valence-corrected chi connectivity index (χ2v) is 4.78. The van der Waals surface area contributed by atoms with E-state index in [1.54, 1.807) is 25.8 Å². The van der Waals surface area contributed by atoms with Crippen LogP contribution in [0.1, 0.15) is 26.7 Å². The second-order valence-electron chi connectivity index (χ2n) is 4.78. The maximum absolute atomic E-state index is 11.7. The molecule has 1 aliphatic rings. The number of nitrogens with zero attached hydrogens (tertiary/aromatic N) is 1. The number of carbonyl (C=O) groups is 3. The molecule has 0 aromatic heterocycles. The zero-order chi connectivity index (χ0) is 14.4. The van der Waals surface area contributed by atoms with Crippen molar-refractivity contribution in [2.45, 2.75) is 38.8 Å². The molecule has 0 saturated heterocycles.